The monoisotopic (exact) mass is 285 g/mol. The van der Waals surface area contributed by atoms with E-state index in [0.717, 1.165) is 12.1 Å². The SMILES string of the molecule is C#CCCC1(CCNC(=O)CN(C)c2ccncc2)N=N1. The van der Waals surface area contributed by atoms with Crippen molar-refractivity contribution in [2.24, 2.45) is 10.2 Å². The second-order valence-corrected chi connectivity index (χ2v) is 5.05. The van der Waals surface area contributed by atoms with Crippen LogP contribution in [-0.2, 0) is 4.79 Å². The fraction of sp³-hybridized carbons (Fsp3) is 0.467. The van der Waals surface area contributed by atoms with Gasteiger partial charge in [-0.05, 0) is 12.1 Å². The van der Waals surface area contributed by atoms with Crippen LogP contribution in [0.4, 0.5) is 5.69 Å². The predicted octanol–water partition coefficient (Wildman–Crippen LogP) is 1.60. The van der Waals surface area contributed by atoms with Gasteiger partial charge in [-0.3, -0.25) is 9.78 Å². The number of aromatic nitrogens is 1. The molecule has 1 aromatic heterocycles. The number of hydrogen-bond donors (Lipinski definition) is 1. The molecule has 0 aliphatic carbocycles. The van der Waals surface area contributed by atoms with E-state index in [2.05, 4.69) is 26.4 Å². The molecule has 2 heterocycles. The van der Waals surface area contributed by atoms with Crippen molar-refractivity contribution in [2.45, 2.75) is 24.9 Å². The van der Waals surface area contributed by atoms with Gasteiger partial charge >= 0.3 is 0 Å². The summed E-state index contributed by atoms with van der Waals surface area (Å²) in [6.07, 6.45) is 10.8. The zero-order valence-corrected chi connectivity index (χ0v) is 12.1. The molecule has 6 nitrogen and oxygen atoms in total. The maximum atomic E-state index is 11.9. The van der Waals surface area contributed by atoms with Gasteiger partial charge in [-0.15, -0.1) is 12.3 Å². The van der Waals surface area contributed by atoms with E-state index < -0.39 is 0 Å². The van der Waals surface area contributed by atoms with Crippen LogP contribution in [0.1, 0.15) is 19.3 Å². The van der Waals surface area contributed by atoms with E-state index in [0.29, 0.717) is 25.9 Å². The van der Waals surface area contributed by atoms with Crippen molar-refractivity contribution in [1.82, 2.24) is 10.3 Å². The van der Waals surface area contributed by atoms with Gasteiger partial charge in [0.25, 0.3) is 0 Å². The maximum absolute atomic E-state index is 11.9. The number of carbonyl (C=O) groups excluding carboxylic acids is 1. The second-order valence-electron chi connectivity index (χ2n) is 5.05. The molecule has 110 valence electrons. The summed E-state index contributed by atoms with van der Waals surface area (Å²) in [4.78, 5) is 17.7. The van der Waals surface area contributed by atoms with Crippen LogP contribution >= 0.6 is 0 Å². The molecular weight excluding hydrogens is 266 g/mol. The van der Waals surface area contributed by atoms with Crippen molar-refractivity contribution in [2.75, 3.05) is 25.0 Å². The molecule has 21 heavy (non-hydrogen) atoms. The lowest BCUT2D eigenvalue weighted by molar-refractivity contribution is -0.119. The fourth-order valence-electron chi connectivity index (χ4n) is 2.03. The molecule has 0 saturated heterocycles. The highest BCUT2D eigenvalue weighted by atomic mass is 16.2. The molecule has 0 atom stereocenters. The molecule has 0 spiro atoms. The van der Waals surface area contributed by atoms with Gasteiger partial charge in [0.2, 0.25) is 5.91 Å². The Bertz CT molecular complexity index is 543. The van der Waals surface area contributed by atoms with Crippen molar-refractivity contribution >= 4 is 11.6 Å². The molecule has 1 aliphatic rings. The standard InChI is InChI=1S/C15H19N5O/c1-3-4-7-15(18-19-15)8-11-17-14(21)12-20(2)13-5-9-16-10-6-13/h1,5-6,9-10H,4,7-8,11-12H2,2H3,(H,17,21). The highest BCUT2D eigenvalue weighted by molar-refractivity contribution is 5.81. The Morgan fingerprint density at radius 3 is 2.71 bits per heavy atom. The van der Waals surface area contributed by atoms with E-state index in [-0.39, 0.29) is 11.6 Å². The number of pyridine rings is 1. The second kappa shape index (κ2) is 6.84. The van der Waals surface area contributed by atoms with Crippen molar-refractivity contribution in [3.05, 3.63) is 24.5 Å². The van der Waals surface area contributed by atoms with Crippen molar-refractivity contribution in [1.29, 1.82) is 0 Å². The minimum absolute atomic E-state index is 0.0259. The summed E-state index contributed by atoms with van der Waals surface area (Å²) in [5.74, 6) is 2.56. The van der Waals surface area contributed by atoms with Crippen LogP contribution in [0.25, 0.3) is 0 Å². The van der Waals surface area contributed by atoms with Crippen LogP contribution in [0, 0.1) is 12.3 Å². The lowest BCUT2D eigenvalue weighted by Crippen LogP contribution is -2.36. The van der Waals surface area contributed by atoms with Gasteiger partial charge in [-0.25, -0.2) is 0 Å². The summed E-state index contributed by atoms with van der Waals surface area (Å²) in [5, 5.41) is 11.0. The zero-order chi connectivity index (χ0) is 15.1. The number of nitrogens with zero attached hydrogens (tertiary/aromatic N) is 4. The summed E-state index contributed by atoms with van der Waals surface area (Å²) >= 11 is 0. The number of likely N-dealkylation sites (N-methyl/N-ethyl adjacent to an activating group) is 1. The van der Waals surface area contributed by atoms with Gasteiger partial charge in [0.1, 0.15) is 0 Å². The van der Waals surface area contributed by atoms with E-state index >= 15 is 0 Å². The Balaban J connectivity index is 1.67. The van der Waals surface area contributed by atoms with Crippen LogP contribution < -0.4 is 10.2 Å². The van der Waals surface area contributed by atoms with Gasteiger partial charge < -0.3 is 10.2 Å². The summed E-state index contributed by atoms with van der Waals surface area (Å²) in [6, 6.07) is 3.73. The molecule has 0 saturated carbocycles. The first kappa shape index (κ1) is 15.0. The van der Waals surface area contributed by atoms with Crippen LogP contribution in [0.2, 0.25) is 0 Å². The van der Waals surface area contributed by atoms with Gasteiger partial charge in [0.15, 0.2) is 5.66 Å². The van der Waals surface area contributed by atoms with Crippen LogP contribution in [0.15, 0.2) is 34.8 Å². The Kier molecular flexibility index (Phi) is 4.88. The molecule has 0 fully saturated rings. The first-order valence-electron chi connectivity index (χ1n) is 6.91. The van der Waals surface area contributed by atoms with Gasteiger partial charge in [0.05, 0.1) is 6.54 Å². The fourth-order valence-corrected chi connectivity index (χ4v) is 2.03. The number of hydrogen-bond acceptors (Lipinski definition) is 5. The lowest BCUT2D eigenvalue weighted by Gasteiger charge is -2.18. The summed E-state index contributed by atoms with van der Waals surface area (Å²) in [6.45, 7) is 0.857. The molecule has 1 amide bonds. The summed E-state index contributed by atoms with van der Waals surface area (Å²) in [5.41, 5.74) is 0.620. The molecule has 0 aromatic carbocycles. The summed E-state index contributed by atoms with van der Waals surface area (Å²) in [7, 11) is 1.87. The maximum Gasteiger partial charge on any atom is 0.239 e. The van der Waals surface area contributed by atoms with E-state index in [1.807, 2.05) is 24.1 Å². The van der Waals surface area contributed by atoms with E-state index in [1.54, 1.807) is 12.4 Å². The Morgan fingerprint density at radius 1 is 1.38 bits per heavy atom. The lowest BCUT2D eigenvalue weighted by atomic mass is 10.0. The Labute approximate surface area is 124 Å². The third-order valence-corrected chi connectivity index (χ3v) is 3.38. The van der Waals surface area contributed by atoms with E-state index in [4.69, 9.17) is 6.42 Å². The van der Waals surface area contributed by atoms with Crippen molar-refractivity contribution < 1.29 is 4.79 Å². The van der Waals surface area contributed by atoms with E-state index in [1.165, 1.54) is 0 Å². The Hall–Kier alpha value is -2.42. The average Bonchev–Trinajstić information content (AvgIpc) is 3.26. The first-order valence-corrected chi connectivity index (χ1v) is 6.91. The molecule has 6 heteroatoms. The molecule has 0 unspecified atom stereocenters. The third kappa shape index (κ3) is 4.56. The molecule has 1 aliphatic heterocycles. The van der Waals surface area contributed by atoms with Crippen LogP contribution in [0.3, 0.4) is 0 Å². The zero-order valence-electron chi connectivity index (χ0n) is 12.1. The molecular formula is C15H19N5O. The third-order valence-electron chi connectivity index (χ3n) is 3.38. The minimum atomic E-state index is -0.337. The molecule has 2 rings (SSSR count). The Morgan fingerprint density at radius 2 is 2.10 bits per heavy atom. The normalized spacial score (nSPS) is 14.3. The highest BCUT2D eigenvalue weighted by Crippen LogP contribution is 2.35. The van der Waals surface area contributed by atoms with Crippen molar-refractivity contribution in [3.63, 3.8) is 0 Å². The molecule has 1 N–H and O–H groups in total. The van der Waals surface area contributed by atoms with Gasteiger partial charge in [-0.2, -0.15) is 10.2 Å². The number of amides is 1. The first-order chi connectivity index (χ1) is 10.2. The smallest absolute Gasteiger partial charge is 0.239 e. The van der Waals surface area contributed by atoms with Gasteiger partial charge in [-0.1, -0.05) is 0 Å². The quantitative estimate of drug-likeness (QED) is 0.738. The predicted molar refractivity (Wildman–Crippen MR) is 80.8 cm³/mol. The molecule has 0 bridgehead atoms. The number of terminal acetylenes is 1. The van der Waals surface area contributed by atoms with Gasteiger partial charge in [0, 0.05) is 50.9 Å². The van der Waals surface area contributed by atoms with Crippen LogP contribution in [0.5, 0.6) is 0 Å². The average molecular weight is 285 g/mol. The summed E-state index contributed by atoms with van der Waals surface area (Å²) < 4.78 is 0. The number of anilines is 1. The topological polar surface area (TPSA) is 70.0 Å². The minimum Gasteiger partial charge on any atom is -0.365 e. The number of carbonyl (C=O) groups is 1. The molecule has 1 aromatic rings. The number of rotatable bonds is 8. The largest absolute Gasteiger partial charge is 0.365 e. The highest BCUT2D eigenvalue weighted by Gasteiger charge is 2.38. The number of nitrogens with one attached hydrogen (secondary N) is 1. The van der Waals surface area contributed by atoms with Crippen LogP contribution in [-0.4, -0.2) is 36.7 Å². The van der Waals surface area contributed by atoms with Crippen molar-refractivity contribution in [3.8, 4) is 12.3 Å². The van der Waals surface area contributed by atoms with E-state index in [9.17, 15) is 4.79 Å². The molecule has 0 radical (unpaired) electrons.